The summed E-state index contributed by atoms with van der Waals surface area (Å²) in [6.45, 7) is 3.04. The summed E-state index contributed by atoms with van der Waals surface area (Å²) in [5, 5.41) is 2.47. The van der Waals surface area contributed by atoms with Crippen LogP contribution in [0.1, 0.15) is 24.3 Å². The van der Waals surface area contributed by atoms with Crippen molar-refractivity contribution in [1.82, 2.24) is 10.3 Å². The van der Waals surface area contributed by atoms with Crippen molar-refractivity contribution in [3.63, 3.8) is 0 Å². The summed E-state index contributed by atoms with van der Waals surface area (Å²) in [6, 6.07) is 3.03. The molecular formula is C10H14N4O2. The molecule has 0 aliphatic carbocycles. The van der Waals surface area contributed by atoms with E-state index in [1.54, 1.807) is 6.07 Å². The Hall–Kier alpha value is -2.11. The Kier molecular flexibility index (Phi) is 3.12. The fourth-order valence-electron chi connectivity index (χ4n) is 0.949. The minimum absolute atomic E-state index is 0.184. The van der Waals surface area contributed by atoms with Gasteiger partial charge in [-0.2, -0.15) is 0 Å². The van der Waals surface area contributed by atoms with E-state index in [2.05, 4.69) is 10.3 Å². The summed E-state index contributed by atoms with van der Waals surface area (Å²) in [7, 11) is 0. The molecule has 1 aromatic rings. The zero-order valence-corrected chi connectivity index (χ0v) is 9.15. The maximum absolute atomic E-state index is 11.7. The molecule has 6 heteroatoms. The van der Waals surface area contributed by atoms with Gasteiger partial charge in [0.25, 0.3) is 5.91 Å². The number of rotatable bonds is 3. The number of amides is 2. The summed E-state index contributed by atoms with van der Waals surface area (Å²) in [6.07, 6.45) is 1.37. The number of pyridine rings is 1. The SMILES string of the molecule is CC(C)(NC(=O)c1ccc(N)cn1)C(N)=O. The zero-order valence-electron chi connectivity index (χ0n) is 9.15. The normalized spacial score (nSPS) is 10.9. The molecule has 0 bridgehead atoms. The molecule has 0 unspecified atom stereocenters. The number of aromatic nitrogens is 1. The van der Waals surface area contributed by atoms with Gasteiger partial charge in [0, 0.05) is 0 Å². The molecule has 0 radical (unpaired) electrons. The summed E-state index contributed by atoms with van der Waals surface area (Å²) in [5.74, 6) is -1.08. The zero-order chi connectivity index (χ0) is 12.3. The first kappa shape index (κ1) is 12.0. The average Bonchev–Trinajstić information content (AvgIpc) is 2.17. The van der Waals surface area contributed by atoms with Crippen LogP contribution in [0.15, 0.2) is 18.3 Å². The van der Waals surface area contributed by atoms with Gasteiger partial charge in [-0.15, -0.1) is 0 Å². The number of hydrogen-bond donors (Lipinski definition) is 3. The predicted octanol–water partition coefficient (Wildman–Crippen LogP) is -0.342. The molecule has 86 valence electrons. The number of nitrogens with one attached hydrogen (secondary N) is 1. The highest BCUT2D eigenvalue weighted by Gasteiger charge is 2.27. The molecule has 0 aliphatic heterocycles. The molecule has 0 saturated carbocycles. The van der Waals surface area contributed by atoms with Crippen LogP contribution < -0.4 is 16.8 Å². The summed E-state index contributed by atoms with van der Waals surface area (Å²) in [5.41, 5.74) is 10.1. The maximum atomic E-state index is 11.7. The quantitative estimate of drug-likeness (QED) is 0.649. The molecule has 0 saturated heterocycles. The Morgan fingerprint density at radius 1 is 1.38 bits per heavy atom. The van der Waals surface area contributed by atoms with Crippen molar-refractivity contribution in [2.75, 3.05) is 5.73 Å². The van der Waals surface area contributed by atoms with Gasteiger partial charge in [0.05, 0.1) is 11.9 Å². The van der Waals surface area contributed by atoms with Crippen molar-refractivity contribution >= 4 is 17.5 Å². The van der Waals surface area contributed by atoms with Crippen molar-refractivity contribution in [1.29, 1.82) is 0 Å². The van der Waals surface area contributed by atoms with E-state index < -0.39 is 17.4 Å². The molecule has 0 atom stereocenters. The van der Waals surface area contributed by atoms with Gasteiger partial charge in [-0.1, -0.05) is 0 Å². The molecule has 1 heterocycles. The van der Waals surface area contributed by atoms with E-state index in [1.807, 2.05) is 0 Å². The first-order chi connectivity index (χ1) is 7.33. The van der Waals surface area contributed by atoms with E-state index in [9.17, 15) is 9.59 Å². The molecule has 1 rings (SSSR count). The lowest BCUT2D eigenvalue weighted by Gasteiger charge is -2.21. The number of carbonyl (C=O) groups excluding carboxylic acids is 2. The second kappa shape index (κ2) is 4.18. The van der Waals surface area contributed by atoms with Crippen molar-refractivity contribution in [3.05, 3.63) is 24.0 Å². The third kappa shape index (κ3) is 2.69. The Morgan fingerprint density at radius 3 is 2.44 bits per heavy atom. The lowest BCUT2D eigenvalue weighted by molar-refractivity contribution is -0.122. The van der Waals surface area contributed by atoms with Crippen LogP contribution in [0.2, 0.25) is 0 Å². The van der Waals surface area contributed by atoms with Gasteiger partial charge in [0.2, 0.25) is 5.91 Å². The van der Waals surface area contributed by atoms with Gasteiger partial charge in [-0.25, -0.2) is 4.98 Å². The highest BCUT2D eigenvalue weighted by Crippen LogP contribution is 2.05. The summed E-state index contributed by atoms with van der Waals surface area (Å²) < 4.78 is 0. The predicted molar refractivity (Wildman–Crippen MR) is 59.4 cm³/mol. The first-order valence-corrected chi connectivity index (χ1v) is 4.67. The molecule has 0 aliphatic rings. The fraction of sp³-hybridized carbons (Fsp3) is 0.300. The number of carbonyl (C=O) groups is 2. The Morgan fingerprint density at radius 2 is 2.00 bits per heavy atom. The minimum Gasteiger partial charge on any atom is -0.397 e. The second-order valence-electron chi connectivity index (χ2n) is 3.92. The smallest absolute Gasteiger partial charge is 0.270 e. The molecular weight excluding hydrogens is 208 g/mol. The molecule has 2 amide bonds. The van der Waals surface area contributed by atoms with Crippen molar-refractivity contribution in [2.24, 2.45) is 5.73 Å². The lowest BCUT2D eigenvalue weighted by Crippen LogP contribution is -2.53. The topological polar surface area (TPSA) is 111 Å². The molecule has 1 aromatic heterocycles. The van der Waals surface area contributed by atoms with Crippen LogP contribution >= 0.6 is 0 Å². The van der Waals surface area contributed by atoms with Gasteiger partial charge in [-0.05, 0) is 26.0 Å². The standard InChI is InChI=1S/C10H14N4O2/c1-10(2,9(12)16)14-8(15)7-4-3-6(11)5-13-7/h3-5H,11H2,1-2H3,(H2,12,16)(H,14,15). The van der Waals surface area contributed by atoms with Crippen LogP contribution in [0.4, 0.5) is 5.69 Å². The van der Waals surface area contributed by atoms with Gasteiger partial charge in [0.15, 0.2) is 0 Å². The Labute approximate surface area is 93.0 Å². The Bertz CT molecular complexity index is 411. The highest BCUT2D eigenvalue weighted by atomic mass is 16.2. The van der Waals surface area contributed by atoms with Gasteiger partial charge >= 0.3 is 0 Å². The van der Waals surface area contributed by atoms with E-state index >= 15 is 0 Å². The Balaban J connectivity index is 2.81. The number of nitrogens with zero attached hydrogens (tertiary/aromatic N) is 1. The number of nitrogen functional groups attached to an aromatic ring is 1. The van der Waals surface area contributed by atoms with Crippen molar-refractivity contribution in [3.8, 4) is 0 Å². The van der Waals surface area contributed by atoms with E-state index in [0.29, 0.717) is 5.69 Å². The highest BCUT2D eigenvalue weighted by molar-refractivity contribution is 5.97. The molecule has 0 fully saturated rings. The van der Waals surface area contributed by atoms with Crippen LogP contribution in [-0.2, 0) is 4.79 Å². The van der Waals surface area contributed by atoms with Crippen LogP contribution in [0.3, 0.4) is 0 Å². The summed E-state index contributed by atoms with van der Waals surface area (Å²) >= 11 is 0. The number of hydrogen-bond acceptors (Lipinski definition) is 4. The third-order valence-corrected chi connectivity index (χ3v) is 2.06. The van der Waals surface area contributed by atoms with Crippen LogP contribution in [0.5, 0.6) is 0 Å². The maximum Gasteiger partial charge on any atom is 0.270 e. The number of primary amides is 1. The number of anilines is 1. The van der Waals surface area contributed by atoms with Crippen LogP contribution in [-0.4, -0.2) is 22.3 Å². The third-order valence-electron chi connectivity index (χ3n) is 2.06. The van der Waals surface area contributed by atoms with Crippen LogP contribution in [0, 0.1) is 0 Å². The summed E-state index contributed by atoms with van der Waals surface area (Å²) in [4.78, 5) is 26.5. The monoisotopic (exact) mass is 222 g/mol. The first-order valence-electron chi connectivity index (χ1n) is 4.67. The average molecular weight is 222 g/mol. The second-order valence-corrected chi connectivity index (χ2v) is 3.92. The van der Waals surface area contributed by atoms with E-state index in [0.717, 1.165) is 0 Å². The van der Waals surface area contributed by atoms with Gasteiger partial charge in [-0.3, -0.25) is 9.59 Å². The number of nitrogens with two attached hydrogens (primary N) is 2. The molecule has 16 heavy (non-hydrogen) atoms. The molecule has 0 spiro atoms. The van der Waals surface area contributed by atoms with E-state index in [1.165, 1.54) is 26.1 Å². The fourth-order valence-corrected chi connectivity index (χ4v) is 0.949. The minimum atomic E-state index is -1.11. The molecule has 0 aromatic carbocycles. The van der Waals surface area contributed by atoms with Gasteiger partial charge in [0.1, 0.15) is 11.2 Å². The van der Waals surface area contributed by atoms with Crippen molar-refractivity contribution in [2.45, 2.75) is 19.4 Å². The largest absolute Gasteiger partial charge is 0.397 e. The molecule has 5 N–H and O–H groups in total. The van der Waals surface area contributed by atoms with E-state index in [-0.39, 0.29) is 5.69 Å². The van der Waals surface area contributed by atoms with Crippen LogP contribution in [0.25, 0.3) is 0 Å². The van der Waals surface area contributed by atoms with Crippen molar-refractivity contribution < 1.29 is 9.59 Å². The van der Waals surface area contributed by atoms with Gasteiger partial charge < -0.3 is 16.8 Å². The van der Waals surface area contributed by atoms with E-state index in [4.69, 9.17) is 11.5 Å². The molecule has 6 nitrogen and oxygen atoms in total. The lowest BCUT2D eigenvalue weighted by atomic mass is 10.1.